The monoisotopic (exact) mass is 357 g/mol. The SMILES string of the molecule is Cc1cc(C)c(C(=O)O/C(C(Cl)=[N+](C)C)=C(\Cl)N(C)C)c(C)c1. The average molecular weight is 358 g/mol. The molecule has 0 heterocycles. The molecule has 4 nitrogen and oxygen atoms in total. The van der Waals surface area contributed by atoms with Gasteiger partial charge in [-0.15, -0.1) is 0 Å². The van der Waals surface area contributed by atoms with Crippen molar-refractivity contribution < 1.29 is 14.1 Å². The molecule has 1 aromatic carbocycles. The van der Waals surface area contributed by atoms with Crippen molar-refractivity contribution in [3.05, 3.63) is 45.3 Å². The zero-order valence-electron chi connectivity index (χ0n) is 14.6. The summed E-state index contributed by atoms with van der Waals surface area (Å²) in [5, 5.41) is 0.499. The third-order valence-corrected chi connectivity index (χ3v) is 4.26. The van der Waals surface area contributed by atoms with Gasteiger partial charge in [-0.05, 0) is 43.5 Å². The molecule has 0 amide bonds. The van der Waals surface area contributed by atoms with Gasteiger partial charge < -0.3 is 9.64 Å². The molecule has 0 radical (unpaired) electrons. The van der Waals surface area contributed by atoms with Crippen LogP contribution in [0.3, 0.4) is 0 Å². The quantitative estimate of drug-likeness (QED) is 0.271. The van der Waals surface area contributed by atoms with Crippen molar-refractivity contribution in [1.82, 2.24) is 4.90 Å². The smallest absolute Gasteiger partial charge is 0.344 e. The number of halogens is 2. The van der Waals surface area contributed by atoms with Gasteiger partial charge in [0, 0.05) is 14.1 Å². The van der Waals surface area contributed by atoms with E-state index >= 15 is 0 Å². The van der Waals surface area contributed by atoms with E-state index in [1.807, 2.05) is 32.9 Å². The van der Waals surface area contributed by atoms with Crippen molar-refractivity contribution in [3.63, 3.8) is 0 Å². The van der Waals surface area contributed by atoms with E-state index in [-0.39, 0.29) is 16.1 Å². The number of allylic oxidation sites excluding steroid dienone is 1. The molecule has 126 valence electrons. The van der Waals surface area contributed by atoms with Gasteiger partial charge in [-0.25, -0.2) is 9.37 Å². The van der Waals surface area contributed by atoms with Gasteiger partial charge in [0.15, 0.2) is 5.16 Å². The maximum atomic E-state index is 12.6. The highest BCUT2D eigenvalue weighted by Crippen LogP contribution is 2.22. The minimum Gasteiger partial charge on any atom is -0.411 e. The van der Waals surface area contributed by atoms with E-state index in [0.29, 0.717) is 5.56 Å². The lowest BCUT2D eigenvalue weighted by molar-refractivity contribution is -0.462. The van der Waals surface area contributed by atoms with Crippen LogP contribution in [0.1, 0.15) is 27.0 Å². The predicted octanol–water partition coefficient (Wildman–Crippen LogP) is 3.65. The second-order valence-electron chi connectivity index (χ2n) is 5.86. The first-order chi connectivity index (χ1) is 10.6. The Morgan fingerprint density at radius 1 is 1.09 bits per heavy atom. The largest absolute Gasteiger partial charge is 0.411 e. The van der Waals surface area contributed by atoms with E-state index in [0.717, 1.165) is 16.7 Å². The lowest BCUT2D eigenvalue weighted by Gasteiger charge is -2.16. The minimum absolute atomic E-state index is 0.132. The zero-order valence-corrected chi connectivity index (χ0v) is 16.1. The van der Waals surface area contributed by atoms with Crippen molar-refractivity contribution in [2.45, 2.75) is 20.8 Å². The van der Waals surface area contributed by atoms with Crippen LogP contribution >= 0.6 is 23.2 Å². The first-order valence-electron chi connectivity index (χ1n) is 7.13. The summed E-state index contributed by atoms with van der Waals surface area (Å²) >= 11 is 12.5. The topological polar surface area (TPSA) is 32.6 Å². The van der Waals surface area contributed by atoms with E-state index in [1.54, 1.807) is 37.7 Å². The second kappa shape index (κ2) is 7.84. The first-order valence-corrected chi connectivity index (χ1v) is 7.89. The zero-order chi connectivity index (χ0) is 17.9. The molecule has 6 heteroatoms. The van der Waals surface area contributed by atoms with Gasteiger partial charge in [0.2, 0.25) is 5.76 Å². The highest BCUT2D eigenvalue weighted by Gasteiger charge is 2.25. The normalized spacial score (nSPS) is 11.7. The summed E-state index contributed by atoms with van der Waals surface area (Å²) in [7, 11) is 6.99. The summed E-state index contributed by atoms with van der Waals surface area (Å²) in [5.74, 6) is -0.345. The molecule has 0 unspecified atom stereocenters. The Hall–Kier alpha value is -1.52. The van der Waals surface area contributed by atoms with E-state index in [2.05, 4.69) is 0 Å². The fraction of sp³-hybridized carbons (Fsp3) is 0.412. The van der Waals surface area contributed by atoms with Crippen LogP contribution < -0.4 is 0 Å². The standard InChI is InChI=1S/C17H23Cl2N2O2/c1-10-8-11(2)13(12(3)9-10)17(22)23-14(15(18)20(4)5)16(19)21(6)7/h8-9H,1-7H3/q+1. The van der Waals surface area contributed by atoms with Crippen LogP contribution in [-0.4, -0.2) is 48.8 Å². The molecule has 0 fully saturated rings. The Bertz CT molecular complexity index is 665. The summed E-state index contributed by atoms with van der Waals surface area (Å²) in [4.78, 5) is 14.3. The maximum Gasteiger partial charge on any atom is 0.344 e. The van der Waals surface area contributed by atoms with Crippen molar-refractivity contribution in [2.24, 2.45) is 0 Å². The van der Waals surface area contributed by atoms with E-state index in [4.69, 9.17) is 27.9 Å². The van der Waals surface area contributed by atoms with Gasteiger partial charge in [-0.3, -0.25) is 0 Å². The molecular weight excluding hydrogens is 335 g/mol. The van der Waals surface area contributed by atoms with Gasteiger partial charge in [0.1, 0.15) is 14.1 Å². The van der Waals surface area contributed by atoms with E-state index in [9.17, 15) is 4.79 Å². The van der Waals surface area contributed by atoms with Gasteiger partial charge >= 0.3 is 11.1 Å². The number of hydrogen-bond donors (Lipinski definition) is 0. The number of rotatable bonds is 4. The molecule has 0 spiro atoms. The molecule has 0 saturated carbocycles. The Balaban J connectivity index is 3.34. The second-order valence-corrected chi connectivity index (χ2v) is 6.58. The van der Waals surface area contributed by atoms with Gasteiger partial charge in [-0.1, -0.05) is 29.3 Å². The van der Waals surface area contributed by atoms with Crippen molar-refractivity contribution in [2.75, 3.05) is 28.2 Å². The lowest BCUT2D eigenvalue weighted by Crippen LogP contribution is -2.21. The van der Waals surface area contributed by atoms with E-state index in [1.165, 1.54) is 0 Å². The summed E-state index contributed by atoms with van der Waals surface area (Å²) < 4.78 is 7.17. The Kier molecular flexibility index (Phi) is 6.66. The molecule has 0 aromatic heterocycles. The van der Waals surface area contributed by atoms with Crippen LogP contribution in [0, 0.1) is 20.8 Å². The van der Waals surface area contributed by atoms with Crippen LogP contribution in [0.15, 0.2) is 23.0 Å². The molecule has 0 atom stereocenters. The van der Waals surface area contributed by atoms with Crippen LogP contribution in [0.2, 0.25) is 0 Å². The highest BCUT2D eigenvalue weighted by atomic mass is 35.5. The van der Waals surface area contributed by atoms with Crippen molar-refractivity contribution in [1.29, 1.82) is 0 Å². The van der Waals surface area contributed by atoms with Gasteiger partial charge in [-0.2, -0.15) is 0 Å². The minimum atomic E-state index is -0.477. The summed E-state index contributed by atoms with van der Waals surface area (Å²) in [5.41, 5.74) is 3.33. The van der Waals surface area contributed by atoms with Crippen LogP contribution in [-0.2, 0) is 4.74 Å². The Labute approximate surface area is 148 Å². The van der Waals surface area contributed by atoms with Crippen molar-refractivity contribution in [3.8, 4) is 0 Å². The predicted molar refractivity (Wildman–Crippen MR) is 95.6 cm³/mol. The maximum absolute atomic E-state index is 12.6. The Morgan fingerprint density at radius 2 is 1.57 bits per heavy atom. The number of ether oxygens (including phenoxy) is 1. The average Bonchev–Trinajstić information content (AvgIpc) is 2.41. The van der Waals surface area contributed by atoms with Gasteiger partial charge in [0.25, 0.3) is 0 Å². The number of aryl methyl sites for hydroxylation is 3. The van der Waals surface area contributed by atoms with Gasteiger partial charge in [0.05, 0.1) is 5.56 Å². The van der Waals surface area contributed by atoms with E-state index < -0.39 is 5.97 Å². The van der Waals surface area contributed by atoms with Crippen LogP contribution in [0.4, 0.5) is 0 Å². The molecule has 0 aliphatic heterocycles. The summed E-state index contributed by atoms with van der Waals surface area (Å²) in [6.45, 7) is 5.75. The molecule has 0 bridgehead atoms. The number of hydrogen-bond acceptors (Lipinski definition) is 3. The third kappa shape index (κ3) is 4.72. The Morgan fingerprint density at radius 3 is 1.96 bits per heavy atom. The number of benzene rings is 1. The molecule has 1 aromatic rings. The molecule has 0 saturated heterocycles. The van der Waals surface area contributed by atoms with Crippen molar-refractivity contribution >= 4 is 34.3 Å². The fourth-order valence-corrected chi connectivity index (χ4v) is 2.53. The first kappa shape index (κ1) is 19.5. The molecule has 0 N–H and O–H groups in total. The molecule has 0 aliphatic carbocycles. The van der Waals surface area contributed by atoms with Crippen LogP contribution in [0.5, 0.6) is 0 Å². The number of esters is 1. The summed E-state index contributed by atoms with van der Waals surface area (Å²) in [6.07, 6.45) is 0. The molecular formula is C17H23Cl2N2O2+. The molecule has 1 rings (SSSR count). The number of carbonyl (C=O) groups is 1. The number of carbonyl (C=O) groups excluding carboxylic acids is 1. The fourth-order valence-electron chi connectivity index (χ4n) is 2.22. The highest BCUT2D eigenvalue weighted by molar-refractivity contribution is 6.68. The summed E-state index contributed by atoms with van der Waals surface area (Å²) in [6, 6.07) is 3.88. The lowest BCUT2D eigenvalue weighted by atomic mass is 10.00. The number of nitrogens with zero attached hydrogens (tertiary/aromatic N) is 2. The molecule has 0 aliphatic rings. The van der Waals surface area contributed by atoms with Crippen LogP contribution in [0.25, 0.3) is 0 Å². The molecule has 23 heavy (non-hydrogen) atoms. The third-order valence-electron chi connectivity index (χ3n) is 3.24.